The molecule has 1 aromatic carbocycles. The first-order chi connectivity index (χ1) is 12.5. The number of hydrogen-bond donors (Lipinski definition) is 3. The average Bonchev–Trinajstić information content (AvgIpc) is 2.54. The summed E-state index contributed by atoms with van der Waals surface area (Å²) >= 11 is 0. The normalized spacial score (nSPS) is 12.0. The molecule has 1 rings (SSSR count). The molecule has 0 heterocycles. The zero-order valence-electron chi connectivity index (χ0n) is 16.4. The van der Waals surface area contributed by atoms with Crippen molar-refractivity contribution in [2.75, 3.05) is 19.7 Å². The van der Waals surface area contributed by atoms with Crippen molar-refractivity contribution >= 4 is 35.8 Å². The van der Waals surface area contributed by atoms with Crippen molar-refractivity contribution < 1.29 is 22.7 Å². The summed E-state index contributed by atoms with van der Waals surface area (Å²) in [5, 5.41) is 8.76. The van der Waals surface area contributed by atoms with Crippen molar-refractivity contribution in [3.8, 4) is 5.75 Å². The molecule has 0 unspecified atom stereocenters. The Kier molecular flexibility index (Phi) is 11.2. The molecule has 3 N–H and O–H groups in total. The number of hydrogen-bond acceptors (Lipinski definition) is 3. The van der Waals surface area contributed by atoms with Crippen molar-refractivity contribution in [2.24, 2.45) is 4.99 Å². The van der Waals surface area contributed by atoms with E-state index in [1.165, 1.54) is 12.1 Å². The highest BCUT2D eigenvalue weighted by Gasteiger charge is 2.28. The molecule has 0 aliphatic heterocycles. The van der Waals surface area contributed by atoms with Crippen LogP contribution in [-0.4, -0.2) is 43.3 Å². The first-order valence-electron chi connectivity index (χ1n) is 8.60. The maximum absolute atomic E-state index is 12.2. The molecule has 0 bridgehead atoms. The monoisotopic (exact) mass is 516 g/mol. The number of nitrogens with zero attached hydrogens (tertiary/aromatic N) is 1. The van der Waals surface area contributed by atoms with E-state index in [4.69, 9.17) is 4.74 Å². The van der Waals surface area contributed by atoms with Gasteiger partial charge in [-0.15, -0.1) is 24.0 Å². The summed E-state index contributed by atoms with van der Waals surface area (Å²) in [7, 11) is 0. The third-order valence-electron chi connectivity index (χ3n) is 3.00. The number of guanidine groups is 1. The Bertz CT molecular complexity index is 646. The second kappa shape index (κ2) is 12.0. The zero-order valence-corrected chi connectivity index (χ0v) is 18.8. The number of benzene rings is 1. The molecule has 0 saturated heterocycles. The van der Waals surface area contributed by atoms with E-state index in [-0.39, 0.29) is 54.3 Å². The van der Waals surface area contributed by atoms with E-state index >= 15 is 0 Å². The largest absolute Gasteiger partial charge is 0.484 e. The van der Waals surface area contributed by atoms with Gasteiger partial charge < -0.3 is 20.7 Å². The first kappa shape index (κ1) is 26.3. The van der Waals surface area contributed by atoms with Crippen molar-refractivity contribution in [3.05, 3.63) is 29.8 Å². The van der Waals surface area contributed by atoms with Gasteiger partial charge in [-0.3, -0.25) is 4.79 Å². The van der Waals surface area contributed by atoms with Crippen LogP contribution in [0.15, 0.2) is 29.3 Å². The van der Waals surface area contributed by atoms with E-state index in [0.717, 1.165) is 0 Å². The highest BCUT2D eigenvalue weighted by atomic mass is 127. The van der Waals surface area contributed by atoms with Gasteiger partial charge >= 0.3 is 6.18 Å². The molecule has 0 radical (unpaired) electrons. The summed E-state index contributed by atoms with van der Waals surface area (Å²) in [6, 6.07) is 6.30. The third-order valence-corrected chi connectivity index (χ3v) is 3.00. The minimum atomic E-state index is -4.38. The second-order valence-electron chi connectivity index (χ2n) is 6.90. The van der Waals surface area contributed by atoms with E-state index in [0.29, 0.717) is 18.1 Å². The zero-order chi connectivity index (χ0) is 20.5. The molecule has 0 aliphatic carbocycles. The molecule has 6 nitrogen and oxygen atoms in total. The topological polar surface area (TPSA) is 74.8 Å². The maximum Gasteiger partial charge on any atom is 0.422 e. The van der Waals surface area contributed by atoms with Gasteiger partial charge in [-0.25, -0.2) is 4.99 Å². The van der Waals surface area contributed by atoms with E-state index in [9.17, 15) is 18.0 Å². The molecule has 1 aromatic rings. The fourth-order valence-electron chi connectivity index (χ4n) is 2.04. The van der Waals surface area contributed by atoms with Gasteiger partial charge in [-0.2, -0.15) is 13.2 Å². The Hall–Kier alpha value is -1.72. The maximum atomic E-state index is 12.2. The molecule has 160 valence electrons. The molecule has 0 aromatic heterocycles. The van der Waals surface area contributed by atoms with Crippen molar-refractivity contribution in [3.63, 3.8) is 0 Å². The van der Waals surface area contributed by atoms with Gasteiger partial charge in [0.15, 0.2) is 12.6 Å². The molecule has 1 amide bonds. The van der Waals surface area contributed by atoms with Gasteiger partial charge in [0.2, 0.25) is 5.91 Å². The number of aliphatic imine (C=N–C) groups is 1. The van der Waals surface area contributed by atoms with Crippen LogP contribution in [0.25, 0.3) is 0 Å². The number of ether oxygens (including phenoxy) is 1. The fraction of sp³-hybridized carbons (Fsp3) is 0.556. The summed E-state index contributed by atoms with van der Waals surface area (Å²) in [5.41, 5.74) is 0.358. The van der Waals surface area contributed by atoms with Crippen LogP contribution in [0.1, 0.15) is 33.3 Å². The predicted octanol–water partition coefficient (Wildman–Crippen LogP) is 3.22. The van der Waals surface area contributed by atoms with Crippen LogP contribution < -0.4 is 20.7 Å². The summed E-state index contributed by atoms with van der Waals surface area (Å²) in [6.45, 7) is 7.08. The first-order valence-corrected chi connectivity index (χ1v) is 8.60. The SMILES string of the molecule is CCNC(=NCc1cccc(OCC(F)(F)F)c1)NCC(=O)NC(C)(C)C.I. The Morgan fingerprint density at radius 2 is 1.86 bits per heavy atom. The van der Waals surface area contributed by atoms with E-state index in [1.54, 1.807) is 12.1 Å². The van der Waals surface area contributed by atoms with Crippen molar-refractivity contribution in [1.82, 2.24) is 16.0 Å². The lowest BCUT2D eigenvalue weighted by Crippen LogP contribution is -2.48. The summed E-state index contributed by atoms with van der Waals surface area (Å²) in [4.78, 5) is 16.2. The van der Waals surface area contributed by atoms with Gasteiger partial charge in [0.1, 0.15) is 5.75 Å². The lowest BCUT2D eigenvalue weighted by Gasteiger charge is -2.21. The number of carbonyl (C=O) groups excluding carboxylic acids is 1. The summed E-state index contributed by atoms with van der Waals surface area (Å²) < 4.78 is 41.4. The number of amides is 1. The van der Waals surface area contributed by atoms with Crippen LogP contribution >= 0.6 is 24.0 Å². The van der Waals surface area contributed by atoms with Gasteiger partial charge in [-0.1, -0.05) is 12.1 Å². The van der Waals surface area contributed by atoms with E-state index < -0.39 is 12.8 Å². The van der Waals surface area contributed by atoms with Crippen LogP contribution in [-0.2, 0) is 11.3 Å². The summed E-state index contributed by atoms with van der Waals surface area (Å²) in [5.74, 6) is 0.390. The second-order valence-corrected chi connectivity index (χ2v) is 6.90. The van der Waals surface area contributed by atoms with Gasteiger partial charge in [-0.05, 0) is 45.4 Å². The lowest BCUT2D eigenvalue weighted by atomic mass is 10.1. The average molecular weight is 516 g/mol. The molecule has 0 aliphatic rings. The molecule has 28 heavy (non-hydrogen) atoms. The van der Waals surface area contributed by atoms with Crippen molar-refractivity contribution in [2.45, 2.75) is 46.0 Å². The number of nitrogens with one attached hydrogen (secondary N) is 3. The molecular weight excluding hydrogens is 488 g/mol. The molecular formula is C18H28F3IN4O2. The number of halogens is 4. The van der Waals surface area contributed by atoms with Crippen molar-refractivity contribution in [1.29, 1.82) is 0 Å². The Morgan fingerprint density at radius 3 is 2.43 bits per heavy atom. The van der Waals surface area contributed by atoms with E-state index in [2.05, 4.69) is 20.9 Å². The molecule has 0 spiro atoms. The van der Waals surface area contributed by atoms with Gasteiger partial charge in [0, 0.05) is 12.1 Å². The van der Waals surface area contributed by atoms with Gasteiger partial charge in [0.25, 0.3) is 0 Å². The Balaban J connectivity index is 0.00000729. The number of carbonyl (C=O) groups is 1. The number of alkyl halides is 3. The Morgan fingerprint density at radius 1 is 1.18 bits per heavy atom. The minimum absolute atomic E-state index is 0. The molecule has 10 heteroatoms. The standard InChI is InChI=1S/C18H27F3N4O2.HI/c1-5-22-16(24-11-15(26)25-17(2,3)4)23-10-13-7-6-8-14(9-13)27-12-18(19,20)21;/h6-9H,5,10-12H2,1-4H3,(H,25,26)(H2,22,23,24);1H. The van der Waals surface area contributed by atoms with Crippen LogP contribution in [0, 0.1) is 0 Å². The molecule has 0 saturated carbocycles. The quantitative estimate of drug-likeness (QED) is 0.296. The predicted molar refractivity (Wildman–Crippen MR) is 114 cm³/mol. The molecule has 0 atom stereocenters. The van der Waals surface area contributed by atoms with Crippen LogP contribution in [0.5, 0.6) is 5.75 Å². The minimum Gasteiger partial charge on any atom is -0.484 e. The highest BCUT2D eigenvalue weighted by molar-refractivity contribution is 14.0. The van der Waals surface area contributed by atoms with Crippen LogP contribution in [0.3, 0.4) is 0 Å². The molecule has 0 fully saturated rings. The lowest BCUT2D eigenvalue weighted by molar-refractivity contribution is -0.153. The van der Waals surface area contributed by atoms with E-state index in [1.807, 2.05) is 27.7 Å². The number of rotatable bonds is 7. The summed E-state index contributed by atoms with van der Waals surface area (Å²) in [6.07, 6.45) is -4.38. The Labute approximate surface area is 180 Å². The smallest absolute Gasteiger partial charge is 0.422 e. The third kappa shape index (κ3) is 12.6. The fourth-order valence-corrected chi connectivity index (χ4v) is 2.04. The highest BCUT2D eigenvalue weighted by Crippen LogP contribution is 2.19. The van der Waals surface area contributed by atoms with Crippen LogP contribution in [0.4, 0.5) is 13.2 Å². The van der Waals surface area contributed by atoms with Crippen LogP contribution in [0.2, 0.25) is 0 Å². The van der Waals surface area contributed by atoms with Gasteiger partial charge in [0.05, 0.1) is 13.1 Å².